The summed E-state index contributed by atoms with van der Waals surface area (Å²) in [5.41, 5.74) is -1.49. The first-order valence-electron chi connectivity index (χ1n) is 11.3. The SMILES string of the molecule is CCCC(=O)N1CCCC(C(=O)NCCNC(=O)c2cn(-c3ccccc3)nc2C(F)(F)F)C1. The highest BCUT2D eigenvalue weighted by Gasteiger charge is 2.39. The van der Waals surface area contributed by atoms with Crippen molar-refractivity contribution in [2.75, 3.05) is 26.2 Å². The number of halogens is 3. The van der Waals surface area contributed by atoms with Gasteiger partial charge in [-0.05, 0) is 31.4 Å². The number of carbonyl (C=O) groups is 3. The summed E-state index contributed by atoms with van der Waals surface area (Å²) in [5, 5.41) is 8.65. The van der Waals surface area contributed by atoms with E-state index in [0.29, 0.717) is 31.6 Å². The van der Waals surface area contributed by atoms with E-state index in [-0.39, 0.29) is 30.8 Å². The van der Waals surface area contributed by atoms with Gasteiger partial charge >= 0.3 is 6.18 Å². The van der Waals surface area contributed by atoms with Crippen LogP contribution in [-0.2, 0) is 15.8 Å². The number of rotatable bonds is 8. The number of hydrogen-bond acceptors (Lipinski definition) is 4. The molecule has 0 radical (unpaired) electrons. The summed E-state index contributed by atoms with van der Waals surface area (Å²) in [4.78, 5) is 38.7. The Balaban J connectivity index is 1.54. The van der Waals surface area contributed by atoms with Crippen LogP contribution in [0.4, 0.5) is 13.2 Å². The van der Waals surface area contributed by atoms with Gasteiger partial charge in [-0.3, -0.25) is 14.4 Å². The molecule has 3 amide bonds. The molecular weight excluding hydrogens is 451 g/mol. The Bertz CT molecular complexity index is 1010. The van der Waals surface area contributed by atoms with Crippen LogP contribution >= 0.6 is 0 Å². The van der Waals surface area contributed by atoms with Gasteiger partial charge in [-0.15, -0.1) is 0 Å². The van der Waals surface area contributed by atoms with Gasteiger partial charge < -0.3 is 15.5 Å². The van der Waals surface area contributed by atoms with Gasteiger partial charge in [0.1, 0.15) is 0 Å². The molecule has 34 heavy (non-hydrogen) atoms. The number of benzene rings is 1. The summed E-state index contributed by atoms with van der Waals surface area (Å²) in [5.74, 6) is -1.48. The van der Waals surface area contributed by atoms with Gasteiger partial charge in [0.25, 0.3) is 5.91 Å². The fourth-order valence-corrected chi connectivity index (χ4v) is 3.85. The average Bonchev–Trinajstić information content (AvgIpc) is 3.29. The zero-order valence-electron chi connectivity index (χ0n) is 18.9. The molecule has 2 aromatic rings. The summed E-state index contributed by atoms with van der Waals surface area (Å²) in [6, 6.07) is 8.17. The van der Waals surface area contributed by atoms with Crippen LogP contribution in [0.1, 0.15) is 48.7 Å². The number of aromatic nitrogens is 2. The van der Waals surface area contributed by atoms with Crippen molar-refractivity contribution in [3.8, 4) is 5.69 Å². The Labute approximate surface area is 195 Å². The first-order chi connectivity index (χ1) is 16.2. The number of para-hydroxylation sites is 1. The zero-order chi connectivity index (χ0) is 24.7. The molecule has 184 valence electrons. The first-order valence-corrected chi connectivity index (χ1v) is 11.3. The maximum atomic E-state index is 13.4. The van der Waals surface area contributed by atoms with E-state index in [1.165, 1.54) is 0 Å². The molecule has 1 fully saturated rings. The summed E-state index contributed by atoms with van der Waals surface area (Å²) >= 11 is 0. The Morgan fingerprint density at radius 3 is 2.50 bits per heavy atom. The van der Waals surface area contributed by atoms with Crippen molar-refractivity contribution in [1.29, 1.82) is 0 Å². The number of hydrogen-bond donors (Lipinski definition) is 2. The van der Waals surface area contributed by atoms with Crippen LogP contribution in [0, 0.1) is 5.92 Å². The highest BCUT2D eigenvalue weighted by Crippen LogP contribution is 2.31. The van der Waals surface area contributed by atoms with E-state index in [4.69, 9.17) is 0 Å². The van der Waals surface area contributed by atoms with Crippen molar-refractivity contribution in [3.63, 3.8) is 0 Å². The van der Waals surface area contributed by atoms with Crippen LogP contribution in [-0.4, -0.2) is 58.6 Å². The maximum Gasteiger partial charge on any atom is 0.435 e. The lowest BCUT2D eigenvalue weighted by atomic mass is 9.97. The van der Waals surface area contributed by atoms with E-state index in [0.717, 1.165) is 23.7 Å². The second-order valence-electron chi connectivity index (χ2n) is 8.15. The zero-order valence-corrected chi connectivity index (χ0v) is 18.9. The number of nitrogens with zero attached hydrogens (tertiary/aromatic N) is 3. The molecule has 0 saturated carbocycles. The van der Waals surface area contributed by atoms with Crippen LogP contribution in [0.15, 0.2) is 36.5 Å². The lowest BCUT2D eigenvalue weighted by Crippen LogP contribution is -2.46. The molecular formula is C23H28F3N5O3. The largest absolute Gasteiger partial charge is 0.435 e. The van der Waals surface area contributed by atoms with Crippen LogP contribution in [0.5, 0.6) is 0 Å². The molecule has 1 aromatic heterocycles. The lowest BCUT2D eigenvalue weighted by Gasteiger charge is -2.32. The van der Waals surface area contributed by atoms with E-state index < -0.39 is 23.3 Å². The molecule has 2 N–H and O–H groups in total. The molecule has 2 heterocycles. The minimum absolute atomic E-state index is 0.0313. The molecule has 1 aliphatic rings. The Hall–Kier alpha value is -3.37. The summed E-state index contributed by atoms with van der Waals surface area (Å²) in [6.07, 6.45) is -1.19. The third kappa shape index (κ3) is 6.36. The second kappa shape index (κ2) is 11.2. The van der Waals surface area contributed by atoms with Crippen molar-refractivity contribution in [1.82, 2.24) is 25.3 Å². The first kappa shape index (κ1) is 25.3. The highest BCUT2D eigenvalue weighted by molar-refractivity contribution is 5.95. The molecule has 0 bridgehead atoms. The highest BCUT2D eigenvalue weighted by atomic mass is 19.4. The van der Waals surface area contributed by atoms with E-state index in [1.54, 1.807) is 35.2 Å². The number of amides is 3. The van der Waals surface area contributed by atoms with Gasteiger partial charge in [0, 0.05) is 38.8 Å². The fourth-order valence-electron chi connectivity index (χ4n) is 3.85. The van der Waals surface area contributed by atoms with Crippen LogP contribution < -0.4 is 10.6 Å². The lowest BCUT2D eigenvalue weighted by molar-refractivity contribution is -0.141. The van der Waals surface area contributed by atoms with Crippen molar-refractivity contribution in [3.05, 3.63) is 47.8 Å². The third-order valence-corrected chi connectivity index (χ3v) is 5.57. The molecule has 0 aliphatic carbocycles. The van der Waals surface area contributed by atoms with Crippen LogP contribution in [0.3, 0.4) is 0 Å². The van der Waals surface area contributed by atoms with Gasteiger partial charge in [-0.1, -0.05) is 25.1 Å². The molecule has 1 aliphatic heterocycles. The van der Waals surface area contributed by atoms with Gasteiger partial charge in [-0.25, -0.2) is 4.68 Å². The third-order valence-electron chi connectivity index (χ3n) is 5.57. The molecule has 11 heteroatoms. The number of carbonyl (C=O) groups excluding carboxylic acids is 3. The Morgan fingerprint density at radius 1 is 1.12 bits per heavy atom. The smallest absolute Gasteiger partial charge is 0.354 e. The Kier molecular flexibility index (Phi) is 8.30. The van der Waals surface area contributed by atoms with Crippen LogP contribution in [0.25, 0.3) is 5.69 Å². The van der Waals surface area contributed by atoms with E-state index in [9.17, 15) is 27.6 Å². The molecule has 3 rings (SSSR count). The fraction of sp³-hybridized carbons (Fsp3) is 0.478. The predicted octanol–water partition coefficient (Wildman–Crippen LogP) is 2.78. The van der Waals surface area contributed by atoms with Crippen molar-refractivity contribution < 1.29 is 27.6 Å². The van der Waals surface area contributed by atoms with Gasteiger partial charge in [0.2, 0.25) is 11.8 Å². The summed E-state index contributed by atoms with van der Waals surface area (Å²) < 4.78 is 41.3. The van der Waals surface area contributed by atoms with Gasteiger partial charge in [0.05, 0.1) is 17.2 Å². The molecule has 1 saturated heterocycles. The van der Waals surface area contributed by atoms with Crippen molar-refractivity contribution in [2.24, 2.45) is 5.92 Å². The van der Waals surface area contributed by atoms with Crippen LogP contribution in [0.2, 0.25) is 0 Å². The monoisotopic (exact) mass is 479 g/mol. The van der Waals surface area contributed by atoms with Crippen molar-refractivity contribution in [2.45, 2.75) is 38.8 Å². The maximum absolute atomic E-state index is 13.4. The quantitative estimate of drug-likeness (QED) is 0.569. The van der Waals surface area contributed by atoms with E-state index in [1.807, 2.05) is 6.92 Å². The van der Waals surface area contributed by atoms with Gasteiger partial charge in [0.15, 0.2) is 5.69 Å². The van der Waals surface area contributed by atoms with Gasteiger partial charge in [-0.2, -0.15) is 18.3 Å². The van der Waals surface area contributed by atoms with E-state index in [2.05, 4.69) is 15.7 Å². The second-order valence-corrected chi connectivity index (χ2v) is 8.15. The normalized spacial score (nSPS) is 16.2. The molecule has 0 spiro atoms. The number of nitrogens with one attached hydrogen (secondary N) is 2. The van der Waals surface area contributed by atoms with E-state index >= 15 is 0 Å². The standard InChI is InChI=1S/C23H28F3N5O3/c1-2-7-19(32)30-13-6-8-16(14-30)21(33)27-11-12-28-22(34)18-15-31(17-9-4-3-5-10-17)29-20(18)23(24,25)26/h3-5,9-10,15-16H,2,6-8,11-14H2,1H3,(H,27,33)(H,28,34). The molecule has 8 nitrogen and oxygen atoms in total. The number of piperidine rings is 1. The number of likely N-dealkylation sites (tertiary alicyclic amines) is 1. The topological polar surface area (TPSA) is 96.3 Å². The minimum Gasteiger partial charge on any atom is -0.354 e. The minimum atomic E-state index is -4.80. The molecule has 1 unspecified atom stereocenters. The molecule has 1 aromatic carbocycles. The number of alkyl halides is 3. The Morgan fingerprint density at radius 2 is 1.82 bits per heavy atom. The molecule has 1 atom stereocenters. The summed E-state index contributed by atoms with van der Waals surface area (Å²) in [6.45, 7) is 2.91. The van der Waals surface area contributed by atoms with Crippen molar-refractivity contribution >= 4 is 17.7 Å². The average molecular weight is 480 g/mol. The summed E-state index contributed by atoms with van der Waals surface area (Å²) in [7, 11) is 0. The predicted molar refractivity (Wildman–Crippen MR) is 118 cm³/mol.